The molecule has 1 aliphatic heterocycles. The van der Waals surface area contributed by atoms with Crippen molar-refractivity contribution in [3.8, 4) is 28.7 Å². The molecule has 1 spiro atoms. The highest BCUT2D eigenvalue weighted by Gasteiger charge is 2.58. The number of carbonyl (C=O) groups excluding carboxylic acids is 2. The quantitative estimate of drug-likeness (QED) is 0.507. The van der Waals surface area contributed by atoms with E-state index < -0.39 is 5.41 Å². The number of methoxy groups -OCH3 is 1. The van der Waals surface area contributed by atoms with Gasteiger partial charge < -0.3 is 9.64 Å². The summed E-state index contributed by atoms with van der Waals surface area (Å²) in [5, 5.41) is 12.1. The third-order valence-electron chi connectivity index (χ3n) is 7.72. The van der Waals surface area contributed by atoms with E-state index in [1.165, 1.54) is 11.3 Å². The van der Waals surface area contributed by atoms with E-state index in [0.717, 1.165) is 66.6 Å². The number of benzene rings is 1. The number of rotatable bonds is 5. The van der Waals surface area contributed by atoms with Gasteiger partial charge in [0.25, 0.3) is 5.91 Å². The van der Waals surface area contributed by atoms with E-state index in [1.807, 2.05) is 18.2 Å². The molecule has 0 unspecified atom stereocenters. The highest BCUT2D eigenvalue weighted by atomic mass is 32.1. The van der Waals surface area contributed by atoms with Crippen LogP contribution in [0.3, 0.4) is 0 Å². The zero-order valence-corrected chi connectivity index (χ0v) is 21.4. The summed E-state index contributed by atoms with van der Waals surface area (Å²) < 4.78 is 5.68. The van der Waals surface area contributed by atoms with Gasteiger partial charge in [0.15, 0.2) is 5.01 Å². The molecule has 3 aromatic rings. The van der Waals surface area contributed by atoms with Gasteiger partial charge in [-0.25, -0.2) is 0 Å². The summed E-state index contributed by atoms with van der Waals surface area (Å²) in [5.74, 6) is 7.49. The fourth-order valence-electron chi connectivity index (χ4n) is 5.13. The van der Waals surface area contributed by atoms with Gasteiger partial charge in [-0.3, -0.25) is 19.9 Å². The number of fused-ring (bicyclic) bond motifs is 2. The van der Waals surface area contributed by atoms with E-state index in [9.17, 15) is 9.59 Å². The summed E-state index contributed by atoms with van der Waals surface area (Å²) in [4.78, 5) is 33.1. The molecule has 0 radical (unpaired) electrons. The molecule has 3 heterocycles. The lowest BCUT2D eigenvalue weighted by atomic mass is 9.90. The maximum Gasteiger partial charge on any atom is 0.258 e. The number of hydrogen-bond acceptors (Lipinski definition) is 7. The van der Waals surface area contributed by atoms with Crippen molar-refractivity contribution in [2.75, 3.05) is 24.4 Å². The minimum Gasteiger partial charge on any atom is -0.494 e. The van der Waals surface area contributed by atoms with Crippen molar-refractivity contribution in [2.24, 2.45) is 5.92 Å². The standard InChI is InChI=1S/C28H25N5O3S/c1-33-22-13-19(25(34)30-27-32-31-24(37-27)8-5-15-3-4-15)17(11-20(22)28(9-10-28)26(33)35)18-12-21(16-6-7-16)29-14-23(18)36-2/h11-16H,3-4,6-7,9-10H2,1-2H3,(H,30,32,34). The van der Waals surface area contributed by atoms with Gasteiger partial charge >= 0.3 is 0 Å². The van der Waals surface area contributed by atoms with Crippen LogP contribution in [0.1, 0.15) is 71.1 Å². The molecule has 8 nitrogen and oxygen atoms in total. The Balaban J connectivity index is 1.32. The van der Waals surface area contributed by atoms with E-state index in [2.05, 4.69) is 32.3 Å². The Labute approximate surface area is 218 Å². The van der Waals surface area contributed by atoms with E-state index >= 15 is 0 Å². The van der Waals surface area contributed by atoms with Gasteiger partial charge in [0.1, 0.15) is 5.75 Å². The number of nitrogens with one attached hydrogen (secondary N) is 1. The van der Waals surface area contributed by atoms with Crippen LogP contribution < -0.4 is 15.0 Å². The van der Waals surface area contributed by atoms with Crippen LogP contribution in [-0.4, -0.2) is 41.2 Å². The SMILES string of the molecule is COc1cnc(C2CC2)cc1-c1cc2c(cc1C(=O)Nc1nnc(C#CC3CC3)s1)N(C)C(=O)C21CC1. The van der Waals surface area contributed by atoms with Gasteiger partial charge in [-0.05, 0) is 73.8 Å². The van der Waals surface area contributed by atoms with Gasteiger partial charge in [0.2, 0.25) is 11.0 Å². The molecule has 7 rings (SSSR count). The summed E-state index contributed by atoms with van der Waals surface area (Å²) in [7, 11) is 3.39. The number of nitrogens with zero attached hydrogens (tertiary/aromatic N) is 4. The minimum absolute atomic E-state index is 0.0920. The molecule has 3 fully saturated rings. The molecule has 0 atom stereocenters. The molecular weight excluding hydrogens is 486 g/mol. The first-order valence-corrected chi connectivity index (χ1v) is 13.5. The average molecular weight is 512 g/mol. The highest BCUT2D eigenvalue weighted by molar-refractivity contribution is 7.15. The monoisotopic (exact) mass is 511 g/mol. The third kappa shape index (κ3) is 3.78. The van der Waals surface area contributed by atoms with Crippen LogP contribution >= 0.6 is 11.3 Å². The first kappa shape index (κ1) is 22.4. The second-order valence-corrected chi connectivity index (χ2v) is 11.3. The van der Waals surface area contributed by atoms with Crippen LogP contribution in [0.5, 0.6) is 5.75 Å². The second kappa shape index (κ2) is 8.12. The Kier molecular flexibility index (Phi) is 4.92. The number of carbonyl (C=O) groups is 2. The fraction of sp³-hybridized carbons (Fsp3) is 0.393. The predicted octanol–water partition coefficient (Wildman–Crippen LogP) is 4.51. The van der Waals surface area contributed by atoms with Gasteiger partial charge in [-0.2, -0.15) is 0 Å². The zero-order chi connectivity index (χ0) is 25.3. The van der Waals surface area contributed by atoms with Gasteiger partial charge in [-0.1, -0.05) is 17.3 Å². The molecule has 3 saturated carbocycles. The Hall–Kier alpha value is -3.77. The highest BCUT2D eigenvalue weighted by Crippen LogP contribution is 2.58. The van der Waals surface area contributed by atoms with Crippen LogP contribution in [0.4, 0.5) is 10.8 Å². The summed E-state index contributed by atoms with van der Waals surface area (Å²) in [6, 6.07) is 5.88. The number of anilines is 2. The Bertz CT molecular complexity index is 1540. The smallest absolute Gasteiger partial charge is 0.258 e. The lowest BCUT2D eigenvalue weighted by molar-refractivity contribution is -0.119. The van der Waals surface area contributed by atoms with Crippen LogP contribution in [0.15, 0.2) is 24.4 Å². The Morgan fingerprint density at radius 3 is 2.68 bits per heavy atom. The van der Waals surface area contributed by atoms with Crippen molar-refractivity contribution >= 4 is 34.0 Å². The molecule has 186 valence electrons. The van der Waals surface area contributed by atoms with Crippen LogP contribution in [0.25, 0.3) is 11.1 Å². The molecule has 3 aliphatic carbocycles. The third-order valence-corrected chi connectivity index (χ3v) is 8.48. The number of likely N-dealkylation sites (N-methyl/N-ethyl adjacent to an activating group) is 1. The summed E-state index contributed by atoms with van der Waals surface area (Å²) >= 11 is 1.26. The molecule has 1 aromatic carbocycles. The van der Waals surface area contributed by atoms with Crippen LogP contribution in [-0.2, 0) is 10.2 Å². The molecule has 2 amide bonds. The molecule has 9 heteroatoms. The van der Waals surface area contributed by atoms with Gasteiger partial charge in [-0.15, -0.1) is 10.2 Å². The number of ether oxygens (including phenoxy) is 1. The van der Waals surface area contributed by atoms with E-state index in [1.54, 1.807) is 25.3 Å². The first-order valence-electron chi connectivity index (χ1n) is 12.6. The van der Waals surface area contributed by atoms with Crippen molar-refractivity contribution in [3.63, 3.8) is 0 Å². The largest absolute Gasteiger partial charge is 0.494 e. The molecule has 1 N–H and O–H groups in total. The molecule has 0 saturated heterocycles. The molecule has 37 heavy (non-hydrogen) atoms. The Morgan fingerprint density at radius 1 is 1.16 bits per heavy atom. The average Bonchev–Trinajstić information content (AvgIpc) is 3.80. The second-order valence-electron chi connectivity index (χ2n) is 10.4. The van der Waals surface area contributed by atoms with E-state index in [4.69, 9.17) is 4.74 Å². The van der Waals surface area contributed by atoms with Crippen molar-refractivity contribution in [1.82, 2.24) is 15.2 Å². The lowest BCUT2D eigenvalue weighted by Gasteiger charge is -2.17. The number of hydrogen-bond donors (Lipinski definition) is 1. The van der Waals surface area contributed by atoms with Crippen LogP contribution in [0, 0.1) is 17.8 Å². The zero-order valence-electron chi connectivity index (χ0n) is 20.6. The van der Waals surface area contributed by atoms with Crippen molar-refractivity contribution in [2.45, 2.75) is 49.9 Å². The molecule has 0 bridgehead atoms. The number of pyridine rings is 1. The lowest BCUT2D eigenvalue weighted by Crippen LogP contribution is -2.28. The first-order chi connectivity index (χ1) is 18.0. The maximum atomic E-state index is 13.7. The topological polar surface area (TPSA) is 97.3 Å². The van der Waals surface area contributed by atoms with Crippen molar-refractivity contribution in [1.29, 1.82) is 0 Å². The number of amides is 2. The summed E-state index contributed by atoms with van der Waals surface area (Å²) in [5.41, 5.74) is 4.26. The normalized spacial score (nSPS) is 18.9. The molecule has 2 aromatic heterocycles. The maximum absolute atomic E-state index is 13.7. The molecular formula is C28H25N5O3S. The summed E-state index contributed by atoms with van der Waals surface area (Å²) in [6.45, 7) is 0. The fourth-order valence-corrected chi connectivity index (χ4v) is 5.73. The van der Waals surface area contributed by atoms with Gasteiger partial charge in [0, 0.05) is 41.4 Å². The summed E-state index contributed by atoms with van der Waals surface area (Å²) in [6.07, 6.45) is 7.88. The van der Waals surface area contributed by atoms with E-state index in [-0.39, 0.29) is 11.8 Å². The van der Waals surface area contributed by atoms with E-state index in [0.29, 0.717) is 33.3 Å². The van der Waals surface area contributed by atoms with Crippen molar-refractivity contribution in [3.05, 3.63) is 46.2 Å². The minimum atomic E-state index is -0.470. The van der Waals surface area contributed by atoms with Gasteiger partial charge in [0.05, 0.1) is 18.7 Å². The Morgan fingerprint density at radius 2 is 1.97 bits per heavy atom. The molecule has 4 aliphatic rings. The number of aromatic nitrogens is 3. The van der Waals surface area contributed by atoms with Crippen molar-refractivity contribution < 1.29 is 14.3 Å². The predicted molar refractivity (Wildman–Crippen MR) is 140 cm³/mol. The van der Waals surface area contributed by atoms with Crippen LogP contribution in [0.2, 0.25) is 0 Å².